The van der Waals surface area contributed by atoms with Crippen LogP contribution in [0, 0.1) is 24.4 Å². The summed E-state index contributed by atoms with van der Waals surface area (Å²) in [6.07, 6.45) is 2.91. The molecule has 2 aromatic heterocycles. The van der Waals surface area contributed by atoms with Gasteiger partial charge in [-0.15, -0.1) is 0 Å². The highest BCUT2D eigenvalue weighted by Crippen LogP contribution is 2.39. The Labute approximate surface area is 185 Å². The summed E-state index contributed by atoms with van der Waals surface area (Å²) in [5.41, 5.74) is 0.384. The zero-order valence-corrected chi connectivity index (χ0v) is 17.4. The van der Waals surface area contributed by atoms with E-state index in [0.29, 0.717) is 22.2 Å². The molecular weight excluding hydrogens is 443 g/mol. The van der Waals surface area contributed by atoms with Crippen LogP contribution in [-0.4, -0.2) is 16.0 Å². The summed E-state index contributed by atoms with van der Waals surface area (Å²) < 4.78 is 48.0. The van der Waals surface area contributed by atoms with E-state index in [4.69, 9.17) is 16.1 Å². The molecular formula is C23H15ClF3N3O2. The third kappa shape index (κ3) is 4.09. The molecule has 0 spiro atoms. The number of pyridine rings is 1. The molecule has 2 heterocycles. The van der Waals surface area contributed by atoms with Crippen molar-refractivity contribution in [3.05, 3.63) is 88.5 Å². The normalized spacial score (nSPS) is 10.9. The zero-order chi connectivity index (χ0) is 22.8. The Kier molecular flexibility index (Phi) is 5.96. The largest absolute Gasteiger partial charge is 0.337 e. The number of rotatable bonds is 5. The summed E-state index contributed by atoms with van der Waals surface area (Å²) >= 11 is 6.11. The third-order valence-corrected chi connectivity index (χ3v) is 5.22. The Balaban J connectivity index is 1.78. The second-order valence-corrected chi connectivity index (χ2v) is 7.35. The Bertz CT molecular complexity index is 1310. The quantitative estimate of drug-likeness (QED) is 0.375. The highest BCUT2D eigenvalue weighted by molar-refractivity contribution is 6.31. The Morgan fingerprint density at radius 3 is 2.53 bits per heavy atom. The highest BCUT2D eigenvalue weighted by Gasteiger charge is 2.26. The maximum Gasteiger partial charge on any atom is 0.239 e. The minimum Gasteiger partial charge on any atom is -0.337 e. The molecule has 2 aromatic carbocycles. The molecule has 0 bridgehead atoms. The number of amides is 1. The van der Waals surface area contributed by atoms with Crippen LogP contribution in [0.3, 0.4) is 0 Å². The van der Waals surface area contributed by atoms with Crippen molar-refractivity contribution in [1.82, 2.24) is 10.1 Å². The Hall–Kier alpha value is -3.65. The minimum atomic E-state index is -1.28. The van der Waals surface area contributed by atoms with Crippen molar-refractivity contribution in [1.29, 1.82) is 0 Å². The van der Waals surface area contributed by atoms with E-state index in [0.717, 1.165) is 6.92 Å². The van der Waals surface area contributed by atoms with E-state index in [2.05, 4.69) is 15.5 Å². The molecule has 0 aliphatic carbocycles. The fourth-order valence-electron chi connectivity index (χ4n) is 3.23. The number of anilines is 1. The summed E-state index contributed by atoms with van der Waals surface area (Å²) in [4.78, 5) is 16.6. The van der Waals surface area contributed by atoms with Crippen LogP contribution < -0.4 is 5.32 Å². The van der Waals surface area contributed by atoms with Crippen molar-refractivity contribution in [2.75, 3.05) is 5.32 Å². The number of halogens is 4. The number of hydrogen-bond acceptors (Lipinski definition) is 4. The van der Waals surface area contributed by atoms with Gasteiger partial charge in [0.2, 0.25) is 11.8 Å². The lowest BCUT2D eigenvalue weighted by molar-refractivity contribution is -0.115. The first-order valence-electron chi connectivity index (χ1n) is 9.44. The van der Waals surface area contributed by atoms with Crippen LogP contribution >= 0.6 is 11.6 Å². The van der Waals surface area contributed by atoms with Gasteiger partial charge in [0.05, 0.1) is 12.0 Å². The lowest BCUT2D eigenvalue weighted by atomic mass is 9.99. The van der Waals surface area contributed by atoms with Gasteiger partial charge in [-0.25, -0.2) is 13.2 Å². The van der Waals surface area contributed by atoms with Crippen LogP contribution in [0.5, 0.6) is 0 Å². The molecule has 0 unspecified atom stereocenters. The van der Waals surface area contributed by atoms with Gasteiger partial charge >= 0.3 is 0 Å². The zero-order valence-electron chi connectivity index (χ0n) is 16.6. The van der Waals surface area contributed by atoms with Crippen molar-refractivity contribution in [2.24, 2.45) is 0 Å². The molecule has 9 heteroatoms. The minimum absolute atomic E-state index is 0.0515. The predicted molar refractivity (Wildman–Crippen MR) is 114 cm³/mol. The topological polar surface area (TPSA) is 68.0 Å². The average Bonchev–Trinajstić information content (AvgIpc) is 3.20. The smallest absolute Gasteiger partial charge is 0.239 e. The van der Waals surface area contributed by atoms with Crippen molar-refractivity contribution >= 4 is 23.4 Å². The van der Waals surface area contributed by atoms with Gasteiger partial charge in [-0.2, -0.15) is 0 Å². The van der Waals surface area contributed by atoms with Gasteiger partial charge in [0, 0.05) is 28.5 Å². The fraction of sp³-hybridized carbons (Fsp3) is 0.0870. The number of nitrogens with zero attached hydrogens (tertiary/aromatic N) is 2. The summed E-state index contributed by atoms with van der Waals surface area (Å²) in [7, 11) is 0. The first-order chi connectivity index (χ1) is 15.4. The highest BCUT2D eigenvalue weighted by atomic mass is 35.5. The molecule has 0 saturated heterocycles. The van der Waals surface area contributed by atoms with Crippen LogP contribution in [0.1, 0.15) is 11.1 Å². The van der Waals surface area contributed by atoms with Gasteiger partial charge in [-0.05, 0) is 42.3 Å². The second kappa shape index (κ2) is 8.84. The van der Waals surface area contributed by atoms with Crippen LogP contribution in [-0.2, 0) is 11.2 Å². The van der Waals surface area contributed by atoms with Crippen molar-refractivity contribution in [3.63, 3.8) is 0 Å². The monoisotopic (exact) mass is 457 g/mol. The lowest BCUT2D eigenvalue weighted by Crippen LogP contribution is -2.14. The van der Waals surface area contributed by atoms with Gasteiger partial charge in [0.1, 0.15) is 11.5 Å². The summed E-state index contributed by atoms with van der Waals surface area (Å²) in [6.45, 7) is 1.12. The molecule has 0 aliphatic rings. The van der Waals surface area contributed by atoms with Crippen LogP contribution in [0.25, 0.3) is 22.4 Å². The first-order valence-corrected chi connectivity index (χ1v) is 9.82. The molecule has 5 nitrogen and oxygen atoms in total. The number of nitrogens with one attached hydrogen (secondary N) is 1. The van der Waals surface area contributed by atoms with Gasteiger partial charge < -0.3 is 4.52 Å². The van der Waals surface area contributed by atoms with Crippen LogP contribution in [0.4, 0.5) is 19.1 Å². The number of aromatic nitrogens is 2. The van der Waals surface area contributed by atoms with Crippen molar-refractivity contribution in [3.8, 4) is 22.4 Å². The number of benzene rings is 2. The molecule has 4 rings (SSSR count). The maximum absolute atomic E-state index is 14.8. The van der Waals surface area contributed by atoms with Gasteiger partial charge in [-0.1, -0.05) is 35.0 Å². The number of carbonyl (C=O) groups excluding carboxylic acids is 1. The lowest BCUT2D eigenvalue weighted by Gasteiger charge is -2.09. The molecule has 1 amide bonds. The standard InChI is InChI=1S/C23H15ClF3N3O2/c1-12-20(26)15(11-17(25)21(12)27)22-19(13-6-8-28-9-7-13)23(32-30-22)29-18(31)10-14-4-2-3-5-16(14)24/h2-9,11H,10H2,1H3,(H,29,31). The van der Waals surface area contributed by atoms with Crippen LogP contribution in [0.2, 0.25) is 5.02 Å². The molecule has 1 N–H and O–H groups in total. The maximum atomic E-state index is 14.8. The van der Waals surface area contributed by atoms with E-state index in [9.17, 15) is 18.0 Å². The van der Waals surface area contributed by atoms with E-state index in [1.165, 1.54) is 12.4 Å². The van der Waals surface area contributed by atoms with E-state index < -0.39 is 28.9 Å². The van der Waals surface area contributed by atoms with Gasteiger partial charge in [0.25, 0.3) is 0 Å². The number of hydrogen-bond donors (Lipinski definition) is 1. The second-order valence-electron chi connectivity index (χ2n) is 6.95. The predicted octanol–water partition coefficient (Wildman–Crippen LogP) is 5.96. The fourth-order valence-corrected chi connectivity index (χ4v) is 3.44. The molecule has 162 valence electrons. The van der Waals surface area contributed by atoms with Crippen LogP contribution in [0.15, 0.2) is 59.4 Å². The van der Waals surface area contributed by atoms with Crippen molar-refractivity contribution < 1.29 is 22.5 Å². The van der Waals surface area contributed by atoms with Gasteiger partial charge in [0.15, 0.2) is 11.6 Å². The van der Waals surface area contributed by atoms with E-state index in [1.54, 1.807) is 36.4 Å². The van der Waals surface area contributed by atoms with E-state index in [1.807, 2.05) is 0 Å². The van der Waals surface area contributed by atoms with E-state index >= 15 is 0 Å². The summed E-state index contributed by atoms with van der Waals surface area (Å²) in [5.74, 6) is -4.04. The SMILES string of the molecule is Cc1c(F)c(F)cc(-c2noc(NC(=O)Cc3ccccc3Cl)c2-c2ccncc2)c1F. The Morgan fingerprint density at radius 2 is 1.81 bits per heavy atom. The average molecular weight is 458 g/mol. The first kappa shape index (κ1) is 21.6. The third-order valence-electron chi connectivity index (χ3n) is 4.85. The number of carbonyl (C=O) groups is 1. The van der Waals surface area contributed by atoms with E-state index in [-0.39, 0.29) is 29.1 Å². The Morgan fingerprint density at radius 1 is 1.09 bits per heavy atom. The molecule has 0 radical (unpaired) electrons. The molecule has 0 aliphatic heterocycles. The molecule has 32 heavy (non-hydrogen) atoms. The molecule has 0 fully saturated rings. The summed E-state index contributed by atoms with van der Waals surface area (Å²) in [5, 5.41) is 6.87. The molecule has 4 aromatic rings. The van der Waals surface area contributed by atoms with Gasteiger partial charge in [-0.3, -0.25) is 15.1 Å². The summed E-state index contributed by atoms with van der Waals surface area (Å²) in [6, 6.07) is 10.7. The molecule has 0 atom stereocenters. The van der Waals surface area contributed by atoms with Crippen molar-refractivity contribution in [2.45, 2.75) is 13.3 Å². The molecule has 0 saturated carbocycles.